The Balaban J connectivity index is 2.24. The lowest BCUT2D eigenvalue weighted by molar-refractivity contribution is 0.607. The van der Waals surface area contributed by atoms with Gasteiger partial charge in [0.1, 0.15) is 0 Å². The number of hydrogen-bond acceptors (Lipinski definition) is 2. The lowest BCUT2D eigenvalue weighted by atomic mass is 10.2. The van der Waals surface area contributed by atoms with E-state index in [-0.39, 0.29) is 0 Å². The molecule has 0 spiro atoms. The first-order chi connectivity index (χ1) is 7.75. The molecule has 1 aromatic carbocycles. The molecule has 0 unspecified atom stereocenters. The van der Waals surface area contributed by atoms with Crippen LogP contribution in [0.4, 0.5) is 0 Å². The molecular formula is C12H18BrClN2. The largest absolute Gasteiger partial charge is 0.315 e. The second-order valence-electron chi connectivity index (χ2n) is 3.64. The van der Waals surface area contributed by atoms with Crippen LogP contribution < -0.4 is 10.6 Å². The van der Waals surface area contributed by atoms with E-state index in [0.717, 1.165) is 41.2 Å². The Labute approximate surface area is 111 Å². The Morgan fingerprint density at radius 1 is 1.19 bits per heavy atom. The highest BCUT2D eigenvalue weighted by Gasteiger charge is 2.02. The highest BCUT2D eigenvalue weighted by molar-refractivity contribution is 9.10. The van der Waals surface area contributed by atoms with Crippen molar-refractivity contribution < 1.29 is 0 Å². The fourth-order valence-corrected chi connectivity index (χ4v) is 1.99. The second-order valence-corrected chi connectivity index (χ2v) is 4.87. The summed E-state index contributed by atoms with van der Waals surface area (Å²) in [6.07, 6.45) is 1.18. The fourth-order valence-electron chi connectivity index (χ4n) is 1.39. The number of benzene rings is 1. The smallest absolute Gasteiger partial charge is 0.0592 e. The van der Waals surface area contributed by atoms with Crippen LogP contribution in [0, 0.1) is 0 Å². The normalized spacial score (nSPS) is 10.7. The third-order valence-electron chi connectivity index (χ3n) is 2.25. The van der Waals surface area contributed by atoms with Crippen LogP contribution in [0.25, 0.3) is 0 Å². The van der Waals surface area contributed by atoms with E-state index >= 15 is 0 Å². The van der Waals surface area contributed by atoms with Gasteiger partial charge < -0.3 is 10.6 Å². The van der Waals surface area contributed by atoms with Crippen LogP contribution >= 0.6 is 27.5 Å². The summed E-state index contributed by atoms with van der Waals surface area (Å²) in [5.41, 5.74) is 1.13. The molecule has 0 aliphatic heterocycles. The van der Waals surface area contributed by atoms with Crippen LogP contribution in [0.3, 0.4) is 0 Å². The van der Waals surface area contributed by atoms with Gasteiger partial charge in [-0.25, -0.2) is 0 Å². The molecule has 16 heavy (non-hydrogen) atoms. The highest BCUT2D eigenvalue weighted by atomic mass is 79.9. The number of halogens is 2. The van der Waals surface area contributed by atoms with Crippen LogP contribution in [0.2, 0.25) is 5.02 Å². The molecule has 1 rings (SSSR count). The van der Waals surface area contributed by atoms with Crippen molar-refractivity contribution in [2.24, 2.45) is 0 Å². The van der Waals surface area contributed by atoms with Gasteiger partial charge in [-0.1, -0.05) is 30.7 Å². The lowest BCUT2D eigenvalue weighted by Crippen LogP contribution is -2.27. The minimum absolute atomic E-state index is 0.802. The first-order valence-electron chi connectivity index (χ1n) is 5.60. The van der Waals surface area contributed by atoms with E-state index in [0.29, 0.717) is 0 Å². The summed E-state index contributed by atoms with van der Waals surface area (Å²) in [6.45, 7) is 6.02. The monoisotopic (exact) mass is 304 g/mol. The van der Waals surface area contributed by atoms with Gasteiger partial charge in [0.25, 0.3) is 0 Å². The minimum atomic E-state index is 0.802. The zero-order chi connectivity index (χ0) is 11.8. The third kappa shape index (κ3) is 4.83. The van der Waals surface area contributed by atoms with Gasteiger partial charge in [0.15, 0.2) is 0 Å². The van der Waals surface area contributed by atoms with E-state index in [2.05, 4.69) is 33.5 Å². The van der Waals surface area contributed by atoms with Crippen molar-refractivity contribution in [3.05, 3.63) is 33.3 Å². The molecule has 2 N–H and O–H groups in total. The lowest BCUT2D eigenvalue weighted by Gasteiger charge is -2.08. The molecule has 0 amide bonds. The van der Waals surface area contributed by atoms with E-state index in [9.17, 15) is 0 Å². The molecule has 2 nitrogen and oxygen atoms in total. The number of nitrogens with one attached hydrogen (secondary N) is 2. The standard InChI is InChI=1S/C12H18BrClN2/c1-2-6-15-7-8-16-9-10-4-3-5-11(13)12(10)14/h3-5,15-16H,2,6-9H2,1H3. The zero-order valence-electron chi connectivity index (χ0n) is 9.52. The Hall–Kier alpha value is -0.0900. The molecule has 0 aliphatic carbocycles. The van der Waals surface area contributed by atoms with E-state index in [1.165, 1.54) is 6.42 Å². The summed E-state index contributed by atoms with van der Waals surface area (Å²) in [6, 6.07) is 6.00. The maximum Gasteiger partial charge on any atom is 0.0592 e. The maximum absolute atomic E-state index is 6.15. The van der Waals surface area contributed by atoms with Gasteiger partial charge in [-0.15, -0.1) is 0 Å². The maximum atomic E-state index is 6.15. The van der Waals surface area contributed by atoms with E-state index < -0.39 is 0 Å². The van der Waals surface area contributed by atoms with Gasteiger partial charge in [0.05, 0.1) is 5.02 Å². The summed E-state index contributed by atoms with van der Waals surface area (Å²) in [4.78, 5) is 0. The van der Waals surface area contributed by atoms with Gasteiger partial charge in [-0.2, -0.15) is 0 Å². The van der Waals surface area contributed by atoms with Gasteiger partial charge in [0, 0.05) is 24.1 Å². The van der Waals surface area contributed by atoms with Crippen LogP contribution in [-0.4, -0.2) is 19.6 Å². The quantitative estimate of drug-likeness (QED) is 0.756. The van der Waals surface area contributed by atoms with Crippen LogP contribution in [0.5, 0.6) is 0 Å². The Morgan fingerprint density at radius 2 is 1.94 bits per heavy atom. The summed E-state index contributed by atoms with van der Waals surface area (Å²) < 4.78 is 0.956. The van der Waals surface area contributed by atoms with Crippen molar-refractivity contribution in [3.63, 3.8) is 0 Å². The molecule has 90 valence electrons. The Morgan fingerprint density at radius 3 is 2.69 bits per heavy atom. The van der Waals surface area contributed by atoms with Crippen molar-refractivity contribution in [1.29, 1.82) is 0 Å². The van der Waals surface area contributed by atoms with Crippen LogP contribution in [0.1, 0.15) is 18.9 Å². The molecule has 0 heterocycles. The van der Waals surface area contributed by atoms with Crippen molar-refractivity contribution in [2.45, 2.75) is 19.9 Å². The molecule has 4 heteroatoms. The molecule has 0 bridgehead atoms. The van der Waals surface area contributed by atoms with Crippen molar-refractivity contribution >= 4 is 27.5 Å². The predicted molar refractivity (Wildman–Crippen MR) is 74.0 cm³/mol. The fraction of sp³-hybridized carbons (Fsp3) is 0.500. The van der Waals surface area contributed by atoms with Gasteiger partial charge >= 0.3 is 0 Å². The third-order valence-corrected chi connectivity index (χ3v) is 3.59. The predicted octanol–water partition coefficient (Wildman–Crippen LogP) is 3.19. The molecular weight excluding hydrogens is 288 g/mol. The summed E-state index contributed by atoms with van der Waals surface area (Å²) >= 11 is 9.57. The number of hydrogen-bond donors (Lipinski definition) is 2. The first kappa shape index (κ1) is 14.0. The summed E-state index contributed by atoms with van der Waals surface area (Å²) in [5, 5.41) is 7.51. The molecule has 0 saturated heterocycles. The molecule has 0 fully saturated rings. The van der Waals surface area contributed by atoms with E-state index in [1.54, 1.807) is 0 Å². The first-order valence-corrected chi connectivity index (χ1v) is 6.77. The Bertz CT molecular complexity index is 318. The second kappa shape index (κ2) is 8.07. The summed E-state index contributed by atoms with van der Waals surface area (Å²) in [5.74, 6) is 0. The van der Waals surface area contributed by atoms with Crippen LogP contribution in [-0.2, 0) is 6.54 Å². The molecule has 1 aromatic rings. The molecule has 0 aliphatic rings. The van der Waals surface area contributed by atoms with E-state index in [4.69, 9.17) is 11.6 Å². The van der Waals surface area contributed by atoms with Gasteiger partial charge in [-0.05, 0) is 40.5 Å². The van der Waals surface area contributed by atoms with Crippen molar-refractivity contribution in [1.82, 2.24) is 10.6 Å². The zero-order valence-corrected chi connectivity index (χ0v) is 11.9. The minimum Gasteiger partial charge on any atom is -0.315 e. The van der Waals surface area contributed by atoms with Crippen molar-refractivity contribution in [3.8, 4) is 0 Å². The van der Waals surface area contributed by atoms with Gasteiger partial charge in [0.2, 0.25) is 0 Å². The average molecular weight is 306 g/mol. The van der Waals surface area contributed by atoms with Gasteiger partial charge in [-0.3, -0.25) is 0 Å². The van der Waals surface area contributed by atoms with E-state index in [1.807, 2.05) is 18.2 Å². The SMILES string of the molecule is CCCNCCNCc1cccc(Br)c1Cl. The van der Waals surface area contributed by atoms with Crippen LogP contribution in [0.15, 0.2) is 22.7 Å². The van der Waals surface area contributed by atoms with Crippen molar-refractivity contribution in [2.75, 3.05) is 19.6 Å². The molecule has 0 aromatic heterocycles. The Kier molecular flexibility index (Phi) is 7.05. The topological polar surface area (TPSA) is 24.1 Å². The molecule has 0 atom stereocenters. The molecule has 0 saturated carbocycles. The average Bonchev–Trinajstić information content (AvgIpc) is 2.29. The summed E-state index contributed by atoms with van der Waals surface area (Å²) in [7, 11) is 0. The number of rotatable bonds is 7. The molecule has 0 radical (unpaired) electrons. The highest BCUT2D eigenvalue weighted by Crippen LogP contribution is 2.25.